The van der Waals surface area contributed by atoms with Gasteiger partial charge in [-0.1, -0.05) is 23.4 Å². The van der Waals surface area contributed by atoms with Crippen LogP contribution in [0.5, 0.6) is 0 Å². The van der Waals surface area contributed by atoms with Gasteiger partial charge in [0.2, 0.25) is 0 Å². The first-order valence-corrected chi connectivity index (χ1v) is 6.93. The fourth-order valence-electron chi connectivity index (χ4n) is 2.48. The van der Waals surface area contributed by atoms with Crippen molar-refractivity contribution < 1.29 is 9.90 Å². The zero-order chi connectivity index (χ0) is 15.7. The molecule has 1 aromatic carbocycles. The molecule has 2 aromatic heterocycles. The molecule has 1 unspecified atom stereocenters. The van der Waals surface area contributed by atoms with Gasteiger partial charge in [-0.2, -0.15) is 0 Å². The van der Waals surface area contributed by atoms with Gasteiger partial charge in [0, 0.05) is 43.3 Å². The van der Waals surface area contributed by atoms with Crippen molar-refractivity contribution in [3.63, 3.8) is 0 Å². The summed E-state index contributed by atoms with van der Waals surface area (Å²) >= 11 is 0. The first-order chi connectivity index (χ1) is 10.6. The lowest BCUT2D eigenvalue weighted by Gasteiger charge is -2.10. The molecule has 1 atom stereocenters. The number of hydrogen-bond donors (Lipinski definition) is 2. The summed E-state index contributed by atoms with van der Waals surface area (Å²) in [4.78, 5) is 11.9. The number of benzene rings is 1. The van der Waals surface area contributed by atoms with Gasteiger partial charge < -0.3 is 15.0 Å². The third-order valence-corrected chi connectivity index (χ3v) is 3.58. The SMILES string of the molecule is Cn1cc(C(=O)NCC(O)c2cn(C)c3ccccc23)nn1. The van der Waals surface area contributed by atoms with Crippen LogP contribution in [-0.2, 0) is 14.1 Å². The van der Waals surface area contributed by atoms with Crippen LogP contribution in [0, 0.1) is 0 Å². The van der Waals surface area contributed by atoms with E-state index in [0.717, 1.165) is 16.5 Å². The van der Waals surface area contributed by atoms with E-state index in [2.05, 4.69) is 15.6 Å². The van der Waals surface area contributed by atoms with Crippen LogP contribution in [0.1, 0.15) is 22.2 Å². The molecule has 0 saturated carbocycles. The normalized spacial score (nSPS) is 12.5. The second kappa shape index (κ2) is 5.61. The number of nitrogens with one attached hydrogen (secondary N) is 1. The molecule has 3 rings (SSSR count). The molecule has 3 aromatic rings. The van der Waals surface area contributed by atoms with Crippen LogP contribution >= 0.6 is 0 Å². The van der Waals surface area contributed by atoms with Crippen LogP contribution in [-0.4, -0.2) is 37.1 Å². The Morgan fingerprint density at radius 3 is 2.82 bits per heavy atom. The summed E-state index contributed by atoms with van der Waals surface area (Å²) in [7, 11) is 3.62. The van der Waals surface area contributed by atoms with Gasteiger partial charge in [0.15, 0.2) is 5.69 Å². The van der Waals surface area contributed by atoms with Gasteiger partial charge in [0.05, 0.1) is 12.3 Å². The monoisotopic (exact) mass is 299 g/mol. The van der Waals surface area contributed by atoms with Crippen molar-refractivity contribution >= 4 is 16.8 Å². The summed E-state index contributed by atoms with van der Waals surface area (Å²) in [5.41, 5.74) is 2.06. The van der Waals surface area contributed by atoms with Crippen LogP contribution in [0.25, 0.3) is 10.9 Å². The Morgan fingerprint density at radius 2 is 2.09 bits per heavy atom. The molecule has 0 radical (unpaired) electrons. The fraction of sp³-hybridized carbons (Fsp3) is 0.267. The zero-order valence-electron chi connectivity index (χ0n) is 12.4. The molecule has 2 heterocycles. The molecule has 0 bridgehead atoms. The fourth-order valence-corrected chi connectivity index (χ4v) is 2.48. The van der Waals surface area contributed by atoms with Gasteiger partial charge in [0.1, 0.15) is 0 Å². The van der Waals surface area contributed by atoms with E-state index in [9.17, 15) is 9.90 Å². The average Bonchev–Trinajstić information content (AvgIpc) is 3.09. The van der Waals surface area contributed by atoms with Gasteiger partial charge in [-0.3, -0.25) is 9.48 Å². The molecular formula is C15H17N5O2. The van der Waals surface area contributed by atoms with Crippen LogP contribution in [0.4, 0.5) is 0 Å². The van der Waals surface area contributed by atoms with Crippen molar-refractivity contribution in [1.29, 1.82) is 0 Å². The highest BCUT2D eigenvalue weighted by Gasteiger charge is 2.17. The van der Waals surface area contributed by atoms with Crippen LogP contribution in [0.15, 0.2) is 36.7 Å². The maximum absolute atomic E-state index is 11.9. The predicted octanol–water partition coefficient (Wildman–Crippen LogP) is 0.770. The van der Waals surface area contributed by atoms with E-state index in [-0.39, 0.29) is 18.1 Å². The highest BCUT2D eigenvalue weighted by molar-refractivity contribution is 5.92. The van der Waals surface area contributed by atoms with Crippen molar-refractivity contribution in [2.45, 2.75) is 6.10 Å². The number of carbonyl (C=O) groups excluding carboxylic acids is 1. The quantitative estimate of drug-likeness (QED) is 0.745. The molecule has 0 aliphatic heterocycles. The van der Waals surface area contributed by atoms with Gasteiger partial charge in [-0.05, 0) is 6.07 Å². The average molecular weight is 299 g/mol. The smallest absolute Gasteiger partial charge is 0.273 e. The topological polar surface area (TPSA) is 85.0 Å². The number of para-hydroxylation sites is 1. The van der Waals surface area contributed by atoms with Crippen molar-refractivity contribution in [2.24, 2.45) is 14.1 Å². The Labute approximate surface area is 127 Å². The van der Waals surface area contributed by atoms with E-state index in [1.54, 1.807) is 7.05 Å². The Balaban J connectivity index is 1.74. The summed E-state index contributed by atoms with van der Waals surface area (Å²) in [5.74, 6) is -0.354. The summed E-state index contributed by atoms with van der Waals surface area (Å²) < 4.78 is 3.41. The number of aliphatic hydroxyl groups excluding tert-OH is 1. The Hall–Kier alpha value is -2.67. The molecule has 0 aliphatic rings. The lowest BCUT2D eigenvalue weighted by Crippen LogP contribution is -2.28. The molecule has 7 heteroatoms. The number of fused-ring (bicyclic) bond motifs is 1. The predicted molar refractivity (Wildman–Crippen MR) is 81.2 cm³/mol. The van der Waals surface area contributed by atoms with Gasteiger partial charge in [-0.25, -0.2) is 0 Å². The van der Waals surface area contributed by atoms with Crippen molar-refractivity contribution in [2.75, 3.05) is 6.54 Å². The number of aryl methyl sites for hydroxylation is 2. The second-order valence-corrected chi connectivity index (χ2v) is 5.22. The molecule has 22 heavy (non-hydrogen) atoms. The first-order valence-electron chi connectivity index (χ1n) is 6.93. The van der Waals surface area contributed by atoms with Gasteiger partial charge in [-0.15, -0.1) is 5.10 Å². The molecule has 7 nitrogen and oxygen atoms in total. The maximum atomic E-state index is 11.9. The third-order valence-electron chi connectivity index (χ3n) is 3.58. The summed E-state index contributed by atoms with van der Waals surface area (Å²) in [6, 6.07) is 7.83. The van der Waals surface area contributed by atoms with E-state index < -0.39 is 6.10 Å². The van der Waals surface area contributed by atoms with Crippen LogP contribution < -0.4 is 5.32 Å². The molecule has 114 valence electrons. The summed E-state index contributed by atoms with van der Waals surface area (Å²) in [5, 5.41) is 21.5. The first kappa shape index (κ1) is 14.3. The highest BCUT2D eigenvalue weighted by atomic mass is 16.3. The number of nitrogens with zero attached hydrogens (tertiary/aromatic N) is 4. The van der Waals surface area contributed by atoms with E-state index in [0.29, 0.717) is 0 Å². The summed E-state index contributed by atoms with van der Waals surface area (Å²) in [6.45, 7) is 0.114. The number of carbonyl (C=O) groups is 1. The summed E-state index contributed by atoms with van der Waals surface area (Å²) in [6.07, 6.45) is 2.62. The van der Waals surface area contributed by atoms with E-state index in [1.165, 1.54) is 10.9 Å². The molecule has 0 spiro atoms. The van der Waals surface area contributed by atoms with Crippen molar-refractivity contribution in [3.05, 3.63) is 47.9 Å². The lowest BCUT2D eigenvalue weighted by molar-refractivity contribution is 0.0912. The Morgan fingerprint density at radius 1 is 1.32 bits per heavy atom. The minimum Gasteiger partial charge on any atom is -0.386 e. The maximum Gasteiger partial charge on any atom is 0.273 e. The standard InChI is InChI=1S/C15H17N5O2/c1-19-8-11(10-5-3-4-6-13(10)19)14(21)7-16-15(22)12-9-20(2)18-17-12/h3-6,8-9,14,21H,7H2,1-2H3,(H,16,22). The number of amides is 1. The van der Waals surface area contributed by atoms with Gasteiger partial charge in [0.25, 0.3) is 5.91 Å². The van der Waals surface area contributed by atoms with E-state index >= 15 is 0 Å². The lowest BCUT2D eigenvalue weighted by atomic mass is 10.1. The molecular weight excluding hydrogens is 282 g/mol. The van der Waals surface area contributed by atoms with Crippen LogP contribution in [0.2, 0.25) is 0 Å². The highest BCUT2D eigenvalue weighted by Crippen LogP contribution is 2.25. The van der Waals surface area contributed by atoms with Crippen LogP contribution in [0.3, 0.4) is 0 Å². The Bertz CT molecular complexity index is 820. The number of aliphatic hydroxyl groups is 1. The Kier molecular flexibility index (Phi) is 3.64. The number of rotatable bonds is 4. The molecule has 2 N–H and O–H groups in total. The minimum atomic E-state index is -0.785. The number of aromatic nitrogens is 4. The van der Waals surface area contributed by atoms with E-state index in [1.807, 2.05) is 42.1 Å². The second-order valence-electron chi connectivity index (χ2n) is 5.22. The number of hydrogen-bond acceptors (Lipinski definition) is 4. The zero-order valence-corrected chi connectivity index (χ0v) is 12.4. The third kappa shape index (κ3) is 2.58. The molecule has 0 saturated heterocycles. The molecule has 0 fully saturated rings. The molecule has 1 amide bonds. The van der Waals surface area contributed by atoms with Crippen molar-refractivity contribution in [1.82, 2.24) is 24.9 Å². The van der Waals surface area contributed by atoms with Crippen molar-refractivity contribution in [3.8, 4) is 0 Å². The minimum absolute atomic E-state index is 0.114. The largest absolute Gasteiger partial charge is 0.386 e. The molecule has 0 aliphatic carbocycles. The van der Waals surface area contributed by atoms with E-state index in [4.69, 9.17) is 0 Å². The van der Waals surface area contributed by atoms with Gasteiger partial charge >= 0.3 is 0 Å².